The first-order valence-electron chi connectivity index (χ1n) is 8.57. The van der Waals surface area contributed by atoms with Gasteiger partial charge in [-0.3, -0.25) is 29.5 Å². The molecule has 1 aliphatic rings. The Hall–Kier alpha value is -2.34. The largest absolute Gasteiger partial charge is 0.379 e. The number of hydrazine groups is 1. The van der Waals surface area contributed by atoms with Gasteiger partial charge in [-0.15, -0.1) is 0 Å². The number of imide groups is 1. The highest BCUT2D eigenvalue weighted by Gasteiger charge is 2.23. The Morgan fingerprint density at radius 1 is 0.852 bits per heavy atom. The summed E-state index contributed by atoms with van der Waals surface area (Å²) < 4.78 is 15.7. The topological polar surface area (TPSA) is 149 Å². The molecular weight excluding hydrogens is 360 g/mol. The molecule has 0 aliphatic carbocycles. The van der Waals surface area contributed by atoms with Crippen LogP contribution in [0.25, 0.3) is 0 Å². The smallest absolute Gasteiger partial charge is 0.253 e. The number of nitrogens with two attached hydrogens (primary N) is 1. The second kappa shape index (κ2) is 13.8. The van der Waals surface area contributed by atoms with Crippen molar-refractivity contribution in [3.05, 3.63) is 12.2 Å². The van der Waals surface area contributed by atoms with E-state index in [0.717, 1.165) is 4.90 Å². The molecule has 4 amide bonds. The average molecular weight is 386 g/mol. The summed E-state index contributed by atoms with van der Waals surface area (Å²) in [6, 6.07) is 0. The lowest BCUT2D eigenvalue weighted by molar-refractivity contribution is -0.137. The van der Waals surface area contributed by atoms with Gasteiger partial charge in [0.25, 0.3) is 11.8 Å². The Kier molecular flexibility index (Phi) is 11.6. The summed E-state index contributed by atoms with van der Waals surface area (Å²) in [5.41, 5.74) is 2.01. The summed E-state index contributed by atoms with van der Waals surface area (Å²) in [4.78, 5) is 46.1. The summed E-state index contributed by atoms with van der Waals surface area (Å²) >= 11 is 0. The zero-order valence-electron chi connectivity index (χ0n) is 15.1. The van der Waals surface area contributed by atoms with E-state index in [0.29, 0.717) is 39.6 Å². The third-order valence-corrected chi connectivity index (χ3v) is 3.41. The Bertz CT molecular complexity index is 521. The molecule has 152 valence electrons. The van der Waals surface area contributed by atoms with Crippen LogP contribution in [0.4, 0.5) is 0 Å². The van der Waals surface area contributed by atoms with Gasteiger partial charge in [0.1, 0.15) is 0 Å². The molecule has 0 saturated carbocycles. The molecule has 0 unspecified atom stereocenters. The average Bonchev–Trinajstić information content (AvgIpc) is 2.98. The fraction of sp³-hybridized carbons (Fsp3) is 0.625. The van der Waals surface area contributed by atoms with Crippen LogP contribution in [0.15, 0.2) is 12.2 Å². The van der Waals surface area contributed by atoms with E-state index in [2.05, 4.69) is 5.32 Å². The van der Waals surface area contributed by atoms with Crippen molar-refractivity contribution in [2.75, 3.05) is 52.7 Å². The predicted octanol–water partition coefficient (Wildman–Crippen LogP) is -2.15. The first-order valence-corrected chi connectivity index (χ1v) is 8.57. The van der Waals surface area contributed by atoms with Gasteiger partial charge in [0.2, 0.25) is 11.8 Å². The molecule has 0 fully saturated rings. The molecule has 27 heavy (non-hydrogen) atoms. The minimum atomic E-state index is -0.400. The summed E-state index contributed by atoms with van der Waals surface area (Å²) in [7, 11) is 0. The van der Waals surface area contributed by atoms with Crippen LogP contribution in [0.1, 0.15) is 12.8 Å². The maximum atomic E-state index is 11.6. The normalized spacial score (nSPS) is 13.3. The third kappa shape index (κ3) is 10.4. The molecule has 4 N–H and O–H groups in total. The van der Waals surface area contributed by atoms with Crippen LogP contribution in [-0.4, -0.2) is 81.3 Å². The Labute approximate surface area is 157 Å². The molecule has 1 heterocycles. The maximum Gasteiger partial charge on any atom is 0.253 e. The fourth-order valence-corrected chi connectivity index (χ4v) is 1.99. The minimum Gasteiger partial charge on any atom is -0.379 e. The Morgan fingerprint density at radius 3 is 2.00 bits per heavy atom. The van der Waals surface area contributed by atoms with Crippen LogP contribution >= 0.6 is 0 Å². The van der Waals surface area contributed by atoms with E-state index >= 15 is 0 Å². The number of rotatable bonds is 15. The van der Waals surface area contributed by atoms with Crippen molar-refractivity contribution in [2.45, 2.75) is 12.8 Å². The molecule has 0 radical (unpaired) electrons. The van der Waals surface area contributed by atoms with Crippen molar-refractivity contribution in [3.8, 4) is 0 Å². The quantitative estimate of drug-likeness (QED) is 0.0948. The highest BCUT2D eigenvalue weighted by Crippen LogP contribution is 2.03. The number of amides is 4. The molecule has 0 aromatic heterocycles. The zero-order chi connectivity index (χ0) is 19.9. The Balaban J connectivity index is 1.84. The SMILES string of the molecule is NNC(=O)CCOCCOCCOCCNC(=O)CCN1C(=O)C=CC1=O. The molecule has 0 bridgehead atoms. The Morgan fingerprint density at radius 2 is 1.41 bits per heavy atom. The molecule has 0 aromatic carbocycles. The molecule has 11 heteroatoms. The predicted molar refractivity (Wildman–Crippen MR) is 92.9 cm³/mol. The van der Waals surface area contributed by atoms with E-state index in [1.165, 1.54) is 12.2 Å². The van der Waals surface area contributed by atoms with Gasteiger partial charge in [-0.05, 0) is 0 Å². The number of ether oxygens (including phenoxy) is 3. The van der Waals surface area contributed by atoms with E-state index in [1.54, 1.807) is 0 Å². The number of nitrogens with zero attached hydrogens (tertiary/aromatic N) is 1. The van der Waals surface area contributed by atoms with Gasteiger partial charge in [-0.2, -0.15) is 0 Å². The van der Waals surface area contributed by atoms with Crippen molar-refractivity contribution >= 4 is 23.6 Å². The van der Waals surface area contributed by atoms with Crippen molar-refractivity contribution < 1.29 is 33.4 Å². The lowest BCUT2D eigenvalue weighted by atomic mass is 10.3. The highest BCUT2D eigenvalue weighted by molar-refractivity contribution is 6.13. The number of carbonyl (C=O) groups is 4. The van der Waals surface area contributed by atoms with Crippen LogP contribution < -0.4 is 16.6 Å². The van der Waals surface area contributed by atoms with Crippen LogP contribution in [-0.2, 0) is 33.4 Å². The van der Waals surface area contributed by atoms with Crippen LogP contribution in [0.5, 0.6) is 0 Å². The summed E-state index contributed by atoms with van der Waals surface area (Å²) in [5.74, 6) is 3.58. The molecule has 0 spiro atoms. The van der Waals surface area contributed by atoms with Gasteiger partial charge >= 0.3 is 0 Å². The van der Waals surface area contributed by atoms with Gasteiger partial charge < -0.3 is 19.5 Å². The van der Waals surface area contributed by atoms with Gasteiger partial charge in [0, 0.05) is 31.7 Å². The van der Waals surface area contributed by atoms with E-state index in [-0.39, 0.29) is 37.8 Å². The third-order valence-electron chi connectivity index (χ3n) is 3.41. The van der Waals surface area contributed by atoms with Crippen LogP contribution in [0, 0.1) is 0 Å². The van der Waals surface area contributed by atoms with Crippen LogP contribution in [0.2, 0.25) is 0 Å². The number of hydrogen-bond acceptors (Lipinski definition) is 8. The van der Waals surface area contributed by atoms with E-state index in [4.69, 9.17) is 20.1 Å². The van der Waals surface area contributed by atoms with Crippen molar-refractivity contribution in [1.82, 2.24) is 15.6 Å². The number of carbonyl (C=O) groups excluding carboxylic acids is 4. The maximum absolute atomic E-state index is 11.6. The van der Waals surface area contributed by atoms with Crippen molar-refractivity contribution in [3.63, 3.8) is 0 Å². The van der Waals surface area contributed by atoms with E-state index in [9.17, 15) is 19.2 Å². The zero-order valence-corrected chi connectivity index (χ0v) is 15.1. The molecule has 1 aliphatic heterocycles. The van der Waals surface area contributed by atoms with E-state index < -0.39 is 11.8 Å². The molecule has 1 rings (SSSR count). The summed E-state index contributed by atoms with van der Waals surface area (Å²) in [5, 5.41) is 2.64. The minimum absolute atomic E-state index is 0.0508. The molecule has 0 aromatic rings. The second-order valence-corrected chi connectivity index (χ2v) is 5.42. The lowest BCUT2D eigenvalue weighted by Crippen LogP contribution is -2.35. The molecule has 0 atom stereocenters. The number of nitrogens with one attached hydrogen (secondary N) is 2. The number of hydrogen-bond donors (Lipinski definition) is 3. The van der Waals surface area contributed by atoms with Crippen molar-refractivity contribution in [1.29, 1.82) is 0 Å². The van der Waals surface area contributed by atoms with Crippen molar-refractivity contribution in [2.24, 2.45) is 5.84 Å². The lowest BCUT2D eigenvalue weighted by Gasteiger charge is -2.13. The molecule has 0 saturated heterocycles. The monoisotopic (exact) mass is 386 g/mol. The second-order valence-electron chi connectivity index (χ2n) is 5.42. The highest BCUT2D eigenvalue weighted by atomic mass is 16.5. The van der Waals surface area contributed by atoms with E-state index in [1.807, 2.05) is 5.43 Å². The standard InChI is InChI=1S/C16H26N4O7/c17-19-14(22)4-7-25-9-11-27-12-10-26-8-5-18-13(21)3-6-20-15(23)1-2-16(20)24/h1-2H,3-12,17H2,(H,18,21)(H,19,22). The van der Waals surface area contributed by atoms with Crippen LogP contribution in [0.3, 0.4) is 0 Å². The van der Waals surface area contributed by atoms with Gasteiger partial charge in [0.05, 0.1) is 46.1 Å². The summed E-state index contributed by atoms with van der Waals surface area (Å²) in [6.45, 7) is 2.48. The van der Waals surface area contributed by atoms with Gasteiger partial charge in [-0.25, -0.2) is 5.84 Å². The first-order chi connectivity index (χ1) is 13.0. The van der Waals surface area contributed by atoms with Gasteiger partial charge in [-0.1, -0.05) is 0 Å². The summed E-state index contributed by atoms with van der Waals surface area (Å²) in [6.07, 6.45) is 2.62. The van der Waals surface area contributed by atoms with Gasteiger partial charge in [0.15, 0.2) is 0 Å². The fourth-order valence-electron chi connectivity index (χ4n) is 1.99. The first kappa shape index (κ1) is 22.7. The molecular formula is C16H26N4O7. The molecule has 11 nitrogen and oxygen atoms in total.